The maximum absolute atomic E-state index is 11.3. The lowest BCUT2D eigenvalue weighted by Crippen LogP contribution is -2.14. The molecule has 0 aliphatic carbocycles. The Bertz CT molecular complexity index is 699. The van der Waals surface area contributed by atoms with Crippen LogP contribution in [0, 0.1) is 20.8 Å². The Morgan fingerprint density at radius 1 is 1.24 bits per heavy atom. The van der Waals surface area contributed by atoms with Crippen LogP contribution in [0.2, 0.25) is 0 Å². The van der Waals surface area contributed by atoms with Crippen molar-refractivity contribution in [2.45, 2.75) is 27.4 Å². The topological polar surface area (TPSA) is 98.3 Å². The number of hydrogen-bond donors (Lipinski definition) is 2. The highest BCUT2D eigenvalue weighted by Crippen LogP contribution is 2.19. The second kappa shape index (κ2) is 5.78. The first kappa shape index (κ1) is 14.8. The molecule has 0 radical (unpaired) electrons. The number of nitrogens with zero attached hydrogens (tertiary/aromatic N) is 2. The Balaban J connectivity index is 2.27. The van der Waals surface area contributed by atoms with E-state index < -0.39 is 5.97 Å². The number of hydrogen-bond acceptors (Lipinski definition) is 5. The van der Waals surface area contributed by atoms with Crippen molar-refractivity contribution in [3.05, 3.63) is 46.3 Å². The first-order valence-electron chi connectivity index (χ1n) is 6.45. The molecule has 110 valence electrons. The van der Waals surface area contributed by atoms with Gasteiger partial charge in [0.1, 0.15) is 17.9 Å². The van der Waals surface area contributed by atoms with Crippen LogP contribution in [0.4, 0.5) is 5.95 Å². The molecule has 0 aliphatic heterocycles. The lowest BCUT2D eigenvalue weighted by Gasteiger charge is -2.11. The Morgan fingerprint density at radius 2 is 1.95 bits per heavy atom. The van der Waals surface area contributed by atoms with Crippen LogP contribution in [-0.4, -0.2) is 21.0 Å². The number of nitrogens with two attached hydrogens (primary N) is 1. The van der Waals surface area contributed by atoms with E-state index in [4.69, 9.17) is 10.5 Å². The summed E-state index contributed by atoms with van der Waals surface area (Å²) >= 11 is 0. The Morgan fingerprint density at radius 3 is 2.57 bits per heavy atom. The van der Waals surface area contributed by atoms with Gasteiger partial charge in [0.05, 0.1) is 11.4 Å². The highest BCUT2D eigenvalue weighted by molar-refractivity contribution is 5.90. The first-order valence-corrected chi connectivity index (χ1v) is 6.45. The van der Waals surface area contributed by atoms with E-state index in [-0.39, 0.29) is 23.8 Å². The van der Waals surface area contributed by atoms with Gasteiger partial charge in [-0.1, -0.05) is 6.07 Å². The zero-order chi connectivity index (χ0) is 15.6. The predicted molar refractivity (Wildman–Crippen MR) is 78.4 cm³/mol. The molecular formula is C15H17N3O3. The fourth-order valence-electron chi connectivity index (χ4n) is 1.99. The molecule has 0 saturated carbocycles. The van der Waals surface area contributed by atoms with Crippen molar-refractivity contribution in [3.8, 4) is 5.75 Å². The number of rotatable bonds is 4. The van der Waals surface area contributed by atoms with Crippen LogP contribution >= 0.6 is 0 Å². The maximum Gasteiger partial charge on any atom is 0.339 e. The standard InChI is InChI=1S/C15H17N3O3/c1-8-4-5-11(6-9(8)2)21-7-12-13(14(19)20)10(3)17-15(16)18-12/h4-6H,7H2,1-3H3,(H,19,20)(H2,16,17,18). The Labute approximate surface area is 122 Å². The molecular weight excluding hydrogens is 270 g/mol. The van der Waals surface area contributed by atoms with Crippen molar-refractivity contribution >= 4 is 11.9 Å². The van der Waals surface area contributed by atoms with Crippen LogP contribution < -0.4 is 10.5 Å². The zero-order valence-corrected chi connectivity index (χ0v) is 12.2. The number of aromatic carboxylic acids is 1. The number of ether oxygens (including phenoxy) is 1. The zero-order valence-electron chi connectivity index (χ0n) is 12.2. The minimum absolute atomic E-state index is 0.0255. The molecule has 0 fully saturated rings. The number of carboxylic acids is 1. The minimum Gasteiger partial charge on any atom is -0.487 e. The molecule has 3 N–H and O–H groups in total. The van der Waals surface area contributed by atoms with Gasteiger partial charge in [0.2, 0.25) is 5.95 Å². The minimum atomic E-state index is -1.09. The molecule has 0 bridgehead atoms. The predicted octanol–water partition coefficient (Wildman–Crippen LogP) is 2.26. The third-order valence-electron chi connectivity index (χ3n) is 3.25. The Hall–Kier alpha value is -2.63. The second-order valence-electron chi connectivity index (χ2n) is 4.83. The lowest BCUT2D eigenvalue weighted by atomic mass is 10.1. The molecule has 21 heavy (non-hydrogen) atoms. The van der Waals surface area contributed by atoms with Crippen LogP contribution in [0.15, 0.2) is 18.2 Å². The van der Waals surface area contributed by atoms with Crippen molar-refractivity contribution < 1.29 is 14.6 Å². The van der Waals surface area contributed by atoms with Crippen molar-refractivity contribution in [3.63, 3.8) is 0 Å². The smallest absolute Gasteiger partial charge is 0.339 e. The Kier molecular flexibility index (Phi) is 4.07. The van der Waals surface area contributed by atoms with Gasteiger partial charge in [-0.2, -0.15) is 0 Å². The summed E-state index contributed by atoms with van der Waals surface area (Å²) < 4.78 is 5.62. The van der Waals surface area contributed by atoms with E-state index in [1.54, 1.807) is 6.92 Å². The van der Waals surface area contributed by atoms with Crippen molar-refractivity contribution in [1.29, 1.82) is 0 Å². The van der Waals surface area contributed by atoms with Gasteiger partial charge < -0.3 is 15.6 Å². The second-order valence-corrected chi connectivity index (χ2v) is 4.83. The van der Waals surface area contributed by atoms with E-state index in [0.717, 1.165) is 11.1 Å². The van der Waals surface area contributed by atoms with Crippen LogP contribution in [0.1, 0.15) is 32.9 Å². The average Bonchev–Trinajstić information content (AvgIpc) is 2.38. The quantitative estimate of drug-likeness (QED) is 0.895. The van der Waals surface area contributed by atoms with Crippen molar-refractivity contribution in [2.75, 3.05) is 5.73 Å². The summed E-state index contributed by atoms with van der Waals surface area (Å²) in [5.41, 5.74) is 8.47. The number of carbonyl (C=O) groups is 1. The molecule has 6 nitrogen and oxygen atoms in total. The van der Waals surface area contributed by atoms with Crippen LogP contribution in [-0.2, 0) is 6.61 Å². The number of aromatic nitrogens is 2. The van der Waals surface area contributed by atoms with E-state index in [0.29, 0.717) is 11.4 Å². The summed E-state index contributed by atoms with van der Waals surface area (Å²) in [6.45, 7) is 5.60. The molecule has 2 rings (SSSR count). The van der Waals surface area contributed by atoms with Crippen molar-refractivity contribution in [1.82, 2.24) is 9.97 Å². The molecule has 1 heterocycles. The monoisotopic (exact) mass is 287 g/mol. The van der Waals surface area contributed by atoms with Crippen LogP contribution in [0.25, 0.3) is 0 Å². The third-order valence-corrected chi connectivity index (χ3v) is 3.25. The average molecular weight is 287 g/mol. The number of carboxylic acid groups (broad SMARTS) is 1. The third kappa shape index (κ3) is 3.28. The van der Waals surface area contributed by atoms with Gasteiger partial charge in [-0.3, -0.25) is 0 Å². The van der Waals surface area contributed by atoms with E-state index in [2.05, 4.69) is 9.97 Å². The summed E-state index contributed by atoms with van der Waals surface area (Å²) in [7, 11) is 0. The normalized spacial score (nSPS) is 10.4. The molecule has 0 aliphatic rings. The molecule has 0 spiro atoms. The van der Waals surface area contributed by atoms with Gasteiger partial charge in [0, 0.05) is 0 Å². The fraction of sp³-hybridized carbons (Fsp3) is 0.267. The largest absolute Gasteiger partial charge is 0.487 e. The maximum atomic E-state index is 11.3. The number of benzene rings is 1. The summed E-state index contributed by atoms with van der Waals surface area (Å²) in [6, 6.07) is 5.68. The number of nitrogen functional groups attached to an aromatic ring is 1. The van der Waals surface area contributed by atoms with Crippen LogP contribution in [0.3, 0.4) is 0 Å². The van der Waals surface area contributed by atoms with E-state index >= 15 is 0 Å². The molecule has 0 saturated heterocycles. The van der Waals surface area contributed by atoms with Crippen LogP contribution in [0.5, 0.6) is 5.75 Å². The van der Waals surface area contributed by atoms with Gasteiger partial charge in [-0.25, -0.2) is 14.8 Å². The molecule has 0 unspecified atom stereocenters. The molecule has 0 atom stereocenters. The molecule has 1 aromatic carbocycles. The molecule has 6 heteroatoms. The molecule has 0 amide bonds. The number of anilines is 1. The van der Waals surface area contributed by atoms with Crippen molar-refractivity contribution in [2.24, 2.45) is 0 Å². The molecule has 2 aromatic rings. The molecule has 1 aromatic heterocycles. The van der Waals surface area contributed by atoms with Gasteiger partial charge in [0.25, 0.3) is 0 Å². The summed E-state index contributed by atoms with van der Waals surface area (Å²) in [5, 5.41) is 9.24. The van der Waals surface area contributed by atoms with E-state index in [1.807, 2.05) is 32.0 Å². The van der Waals surface area contributed by atoms with Gasteiger partial charge in [0.15, 0.2) is 0 Å². The lowest BCUT2D eigenvalue weighted by molar-refractivity contribution is 0.0691. The highest BCUT2D eigenvalue weighted by Gasteiger charge is 2.17. The van der Waals surface area contributed by atoms with Gasteiger partial charge in [-0.05, 0) is 44.0 Å². The SMILES string of the molecule is Cc1ccc(OCc2nc(N)nc(C)c2C(=O)O)cc1C. The van der Waals surface area contributed by atoms with Gasteiger partial charge in [-0.15, -0.1) is 0 Å². The fourth-order valence-corrected chi connectivity index (χ4v) is 1.99. The van der Waals surface area contributed by atoms with E-state index in [9.17, 15) is 9.90 Å². The summed E-state index contributed by atoms with van der Waals surface area (Å²) in [4.78, 5) is 19.1. The highest BCUT2D eigenvalue weighted by atomic mass is 16.5. The number of aryl methyl sites for hydroxylation is 3. The summed E-state index contributed by atoms with van der Waals surface area (Å²) in [6.07, 6.45) is 0. The van der Waals surface area contributed by atoms with E-state index in [1.165, 1.54) is 0 Å². The first-order chi connectivity index (χ1) is 9.88. The van der Waals surface area contributed by atoms with Gasteiger partial charge >= 0.3 is 5.97 Å². The summed E-state index contributed by atoms with van der Waals surface area (Å²) in [5.74, 6) is -0.397.